The Morgan fingerprint density at radius 1 is 1.38 bits per heavy atom. The molecule has 4 nitrogen and oxygen atoms in total. The Labute approximate surface area is 79.1 Å². The lowest BCUT2D eigenvalue weighted by molar-refractivity contribution is -0.137. The van der Waals surface area contributed by atoms with E-state index in [0.29, 0.717) is 0 Å². The van der Waals surface area contributed by atoms with Gasteiger partial charge in [-0.15, -0.1) is 0 Å². The first-order chi connectivity index (χ1) is 5.45. The highest BCUT2D eigenvalue weighted by Gasteiger charge is 2.17. The molecular weight excluding hydrogens is 170 g/mol. The molecule has 0 aromatic rings. The van der Waals surface area contributed by atoms with E-state index in [1.807, 2.05) is 0 Å². The van der Waals surface area contributed by atoms with Gasteiger partial charge in [0.15, 0.2) is 5.78 Å². The van der Waals surface area contributed by atoms with E-state index in [2.05, 4.69) is 0 Å². The zero-order valence-electron chi connectivity index (χ0n) is 7.41. The summed E-state index contributed by atoms with van der Waals surface area (Å²) >= 11 is 0. The van der Waals surface area contributed by atoms with Crippen molar-refractivity contribution in [1.82, 2.24) is 0 Å². The Morgan fingerprint density at radius 2 is 1.85 bits per heavy atom. The van der Waals surface area contributed by atoms with Crippen molar-refractivity contribution in [2.75, 3.05) is 0 Å². The van der Waals surface area contributed by atoms with E-state index in [4.69, 9.17) is 10.8 Å². The molecule has 0 aliphatic carbocycles. The van der Waals surface area contributed by atoms with Gasteiger partial charge in [0.25, 0.3) is 0 Å². The van der Waals surface area contributed by atoms with E-state index in [1.54, 1.807) is 13.8 Å². The van der Waals surface area contributed by atoms with Crippen molar-refractivity contribution < 1.29 is 14.7 Å². The predicted octanol–water partition coefficient (Wildman–Crippen LogP) is 1.04. The molecule has 3 N–H and O–H groups in total. The number of nitrogens with two attached hydrogens (primary N) is 1. The summed E-state index contributed by atoms with van der Waals surface area (Å²) in [7, 11) is 0. The predicted molar refractivity (Wildman–Crippen MR) is 51.4 cm³/mol. The van der Waals surface area contributed by atoms with Crippen molar-refractivity contribution in [1.29, 1.82) is 0 Å². The number of carboxylic acid groups (broad SMARTS) is 1. The van der Waals surface area contributed by atoms with E-state index < -0.39 is 12.0 Å². The quantitative estimate of drug-likeness (QED) is 0.677. The third-order valence-electron chi connectivity index (χ3n) is 1.60. The topological polar surface area (TPSA) is 80.4 Å². The summed E-state index contributed by atoms with van der Waals surface area (Å²) in [6.45, 7) is 3.51. The van der Waals surface area contributed by atoms with Crippen LogP contribution in [-0.2, 0) is 9.59 Å². The van der Waals surface area contributed by atoms with Crippen LogP contribution in [-0.4, -0.2) is 22.9 Å². The van der Waals surface area contributed by atoms with Crippen LogP contribution in [0.15, 0.2) is 0 Å². The standard InChI is InChI=1S/C8H15NO3.CH4/c1-5(2)8(12)6(9)3-4-7(10)11;/h5-6H,3-4,9H2,1-2H3,(H,10,11);1H4/t6-;/m0./s1. The minimum absolute atomic E-state index is 0. The highest BCUT2D eigenvalue weighted by molar-refractivity contribution is 5.85. The molecule has 0 aromatic carbocycles. The minimum atomic E-state index is -0.915. The number of aliphatic carboxylic acids is 1. The Bertz CT molecular complexity index is 178. The first-order valence-electron chi connectivity index (χ1n) is 3.96. The molecular formula is C9H19NO3. The molecule has 0 aliphatic rings. The lowest BCUT2D eigenvalue weighted by Crippen LogP contribution is -2.34. The fourth-order valence-corrected chi connectivity index (χ4v) is 0.849. The molecule has 0 bridgehead atoms. The zero-order valence-corrected chi connectivity index (χ0v) is 7.41. The van der Waals surface area contributed by atoms with Gasteiger partial charge in [-0.1, -0.05) is 21.3 Å². The highest BCUT2D eigenvalue weighted by atomic mass is 16.4. The van der Waals surface area contributed by atoms with Crippen LogP contribution in [0.4, 0.5) is 0 Å². The summed E-state index contributed by atoms with van der Waals surface area (Å²) in [5.41, 5.74) is 5.45. The van der Waals surface area contributed by atoms with Crippen LogP contribution in [0.3, 0.4) is 0 Å². The molecule has 78 valence electrons. The minimum Gasteiger partial charge on any atom is -0.481 e. The normalized spacial score (nSPS) is 12.0. The average molecular weight is 189 g/mol. The van der Waals surface area contributed by atoms with Gasteiger partial charge in [-0.2, -0.15) is 0 Å². The van der Waals surface area contributed by atoms with Gasteiger partial charge in [0, 0.05) is 12.3 Å². The third kappa shape index (κ3) is 6.28. The molecule has 0 fully saturated rings. The first-order valence-corrected chi connectivity index (χ1v) is 3.96. The third-order valence-corrected chi connectivity index (χ3v) is 1.60. The summed E-state index contributed by atoms with van der Waals surface area (Å²) in [5, 5.41) is 8.32. The van der Waals surface area contributed by atoms with Crippen molar-refractivity contribution in [2.24, 2.45) is 11.7 Å². The maximum Gasteiger partial charge on any atom is 0.303 e. The summed E-state index contributed by atoms with van der Waals surface area (Å²) in [5.74, 6) is -1.10. The number of carbonyl (C=O) groups excluding carboxylic acids is 1. The van der Waals surface area contributed by atoms with Crippen molar-refractivity contribution in [3.05, 3.63) is 0 Å². The summed E-state index contributed by atoms with van der Waals surface area (Å²) < 4.78 is 0. The lowest BCUT2D eigenvalue weighted by atomic mass is 9.99. The summed E-state index contributed by atoms with van der Waals surface area (Å²) in [4.78, 5) is 21.3. The van der Waals surface area contributed by atoms with Crippen LogP contribution in [0, 0.1) is 5.92 Å². The maximum atomic E-state index is 11.1. The summed E-state index contributed by atoms with van der Waals surface area (Å²) in [6, 6.07) is -0.624. The van der Waals surface area contributed by atoms with Gasteiger partial charge >= 0.3 is 5.97 Å². The Kier molecular flexibility index (Phi) is 7.42. The Balaban J connectivity index is 0. The van der Waals surface area contributed by atoms with Crippen molar-refractivity contribution >= 4 is 11.8 Å². The van der Waals surface area contributed by atoms with E-state index in [0.717, 1.165) is 0 Å². The van der Waals surface area contributed by atoms with Gasteiger partial charge in [-0.25, -0.2) is 0 Å². The fraction of sp³-hybridized carbons (Fsp3) is 0.778. The average Bonchev–Trinajstić information content (AvgIpc) is 1.98. The van der Waals surface area contributed by atoms with Crippen LogP contribution < -0.4 is 5.73 Å². The lowest BCUT2D eigenvalue weighted by Gasteiger charge is -2.10. The number of carboxylic acids is 1. The molecule has 0 unspecified atom stereocenters. The van der Waals surface area contributed by atoms with Gasteiger partial charge in [0.05, 0.1) is 6.04 Å². The largest absolute Gasteiger partial charge is 0.481 e. The molecule has 0 aromatic heterocycles. The molecule has 0 aliphatic heterocycles. The Hall–Kier alpha value is -0.900. The van der Waals surface area contributed by atoms with Gasteiger partial charge in [0.1, 0.15) is 0 Å². The zero-order chi connectivity index (χ0) is 9.72. The molecule has 4 heteroatoms. The monoisotopic (exact) mass is 189 g/mol. The summed E-state index contributed by atoms with van der Waals surface area (Å²) in [6.07, 6.45) is 0.186. The second-order valence-corrected chi connectivity index (χ2v) is 3.10. The maximum absolute atomic E-state index is 11.1. The molecule has 0 spiro atoms. The smallest absolute Gasteiger partial charge is 0.303 e. The number of Topliss-reactive ketones (excluding diaryl/α,β-unsaturated/α-hetero) is 1. The molecule has 1 atom stereocenters. The van der Waals surface area contributed by atoms with Gasteiger partial charge in [0.2, 0.25) is 0 Å². The fourth-order valence-electron chi connectivity index (χ4n) is 0.849. The Morgan fingerprint density at radius 3 is 2.15 bits per heavy atom. The van der Waals surface area contributed by atoms with E-state index >= 15 is 0 Å². The molecule has 0 rings (SSSR count). The number of hydrogen-bond acceptors (Lipinski definition) is 3. The van der Waals surface area contributed by atoms with Gasteiger partial charge < -0.3 is 10.8 Å². The second-order valence-electron chi connectivity index (χ2n) is 3.10. The first kappa shape index (κ1) is 14.6. The van der Waals surface area contributed by atoms with Gasteiger partial charge in [-0.05, 0) is 6.42 Å². The van der Waals surface area contributed by atoms with Crippen LogP contribution in [0.5, 0.6) is 0 Å². The van der Waals surface area contributed by atoms with E-state index in [1.165, 1.54) is 0 Å². The van der Waals surface area contributed by atoms with Gasteiger partial charge in [-0.3, -0.25) is 9.59 Å². The molecule has 0 radical (unpaired) electrons. The van der Waals surface area contributed by atoms with Crippen molar-refractivity contribution in [3.8, 4) is 0 Å². The number of hydrogen-bond donors (Lipinski definition) is 2. The van der Waals surface area contributed by atoms with E-state index in [-0.39, 0.29) is 32.0 Å². The van der Waals surface area contributed by atoms with Crippen LogP contribution in [0.2, 0.25) is 0 Å². The second kappa shape index (κ2) is 6.60. The molecule has 13 heavy (non-hydrogen) atoms. The van der Waals surface area contributed by atoms with Crippen molar-refractivity contribution in [2.45, 2.75) is 40.2 Å². The van der Waals surface area contributed by atoms with Crippen LogP contribution in [0.25, 0.3) is 0 Å². The molecule has 0 heterocycles. The molecule has 0 saturated carbocycles. The number of ketones is 1. The number of carbonyl (C=O) groups is 2. The number of rotatable bonds is 5. The highest BCUT2D eigenvalue weighted by Crippen LogP contribution is 2.03. The molecule has 0 saturated heterocycles. The van der Waals surface area contributed by atoms with E-state index in [9.17, 15) is 9.59 Å². The van der Waals surface area contributed by atoms with Crippen molar-refractivity contribution in [3.63, 3.8) is 0 Å². The molecule has 0 amide bonds. The van der Waals surface area contributed by atoms with Crippen LogP contribution in [0.1, 0.15) is 34.1 Å². The SMILES string of the molecule is C.CC(C)C(=O)[C@@H](N)CCC(=O)O. The van der Waals surface area contributed by atoms with Crippen LogP contribution >= 0.6 is 0 Å².